The number of thioether (sulfide) groups is 1. The summed E-state index contributed by atoms with van der Waals surface area (Å²) in [4.78, 5) is 1.37. The van der Waals surface area contributed by atoms with Crippen molar-refractivity contribution >= 4 is 17.4 Å². The highest BCUT2D eigenvalue weighted by molar-refractivity contribution is 7.99. The third-order valence-corrected chi connectivity index (χ3v) is 4.09. The van der Waals surface area contributed by atoms with Gasteiger partial charge in [-0.3, -0.25) is 0 Å². The first-order valence-electron chi connectivity index (χ1n) is 6.59. The van der Waals surface area contributed by atoms with Gasteiger partial charge in [0.25, 0.3) is 0 Å². The molecule has 1 saturated heterocycles. The van der Waals surface area contributed by atoms with E-state index in [1.54, 1.807) is 0 Å². The predicted octanol–water partition coefficient (Wildman–Crippen LogP) is 3.35. The van der Waals surface area contributed by atoms with E-state index in [0.29, 0.717) is 6.04 Å². The molecule has 94 valence electrons. The summed E-state index contributed by atoms with van der Waals surface area (Å²) in [5.74, 6) is 1.13. The Balaban J connectivity index is 1.88. The van der Waals surface area contributed by atoms with Crippen LogP contribution in [-0.2, 0) is 0 Å². The zero-order valence-corrected chi connectivity index (χ0v) is 11.4. The third kappa shape index (κ3) is 3.93. The molecule has 1 fully saturated rings. The normalized spacial score (nSPS) is 20.2. The van der Waals surface area contributed by atoms with Gasteiger partial charge in [-0.2, -0.15) is 0 Å². The van der Waals surface area contributed by atoms with E-state index >= 15 is 0 Å². The van der Waals surface area contributed by atoms with Crippen molar-refractivity contribution in [1.82, 2.24) is 5.32 Å². The molecule has 0 spiro atoms. The largest absolute Gasteiger partial charge is 0.383 e. The van der Waals surface area contributed by atoms with Crippen molar-refractivity contribution in [1.29, 1.82) is 0 Å². The van der Waals surface area contributed by atoms with Crippen molar-refractivity contribution in [2.24, 2.45) is 0 Å². The molecule has 17 heavy (non-hydrogen) atoms. The summed E-state index contributed by atoms with van der Waals surface area (Å²) in [7, 11) is 0. The monoisotopic (exact) mass is 250 g/mol. The minimum atomic E-state index is 0.642. The number of rotatable bonds is 5. The van der Waals surface area contributed by atoms with Crippen molar-refractivity contribution in [3.8, 4) is 0 Å². The lowest BCUT2D eigenvalue weighted by atomic mass is 10.1. The number of benzene rings is 1. The summed E-state index contributed by atoms with van der Waals surface area (Å²) >= 11 is 1.91. The fourth-order valence-electron chi connectivity index (χ4n) is 2.23. The van der Waals surface area contributed by atoms with Gasteiger partial charge < -0.3 is 10.6 Å². The molecule has 1 aromatic rings. The van der Waals surface area contributed by atoms with Crippen molar-refractivity contribution < 1.29 is 0 Å². The van der Waals surface area contributed by atoms with E-state index in [1.165, 1.54) is 36.4 Å². The average molecular weight is 250 g/mol. The smallest absolute Gasteiger partial charge is 0.0478 e. The molecule has 0 bridgehead atoms. The van der Waals surface area contributed by atoms with Gasteiger partial charge in [0.05, 0.1) is 0 Å². The van der Waals surface area contributed by atoms with E-state index in [4.69, 9.17) is 0 Å². The molecule has 0 amide bonds. The highest BCUT2D eigenvalue weighted by atomic mass is 32.2. The van der Waals surface area contributed by atoms with E-state index in [1.807, 2.05) is 11.8 Å². The second-order valence-electron chi connectivity index (χ2n) is 4.46. The van der Waals surface area contributed by atoms with E-state index in [-0.39, 0.29) is 0 Å². The van der Waals surface area contributed by atoms with E-state index in [0.717, 1.165) is 12.3 Å². The van der Waals surface area contributed by atoms with Crippen LogP contribution in [0.4, 0.5) is 5.69 Å². The second kappa shape index (κ2) is 6.92. The van der Waals surface area contributed by atoms with Crippen LogP contribution in [0.25, 0.3) is 0 Å². The van der Waals surface area contributed by atoms with Gasteiger partial charge >= 0.3 is 0 Å². The Bertz CT molecular complexity index is 335. The van der Waals surface area contributed by atoms with Crippen LogP contribution in [0.1, 0.15) is 26.2 Å². The molecule has 2 nitrogen and oxygen atoms in total. The fourth-order valence-corrected chi connectivity index (χ4v) is 3.01. The Hall–Kier alpha value is -0.670. The van der Waals surface area contributed by atoms with Crippen LogP contribution in [0, 0.1) is 0 Å². The highest BCUT2D eigenvalue weighted by Crippen LogP contribution is 2.26. The first kappa shape index (κ1) is 12.8. The van der Waals surface area contributed by atoms with Gasteiger partial charge in [-0.1, -0.05) is 25.5 Å². The Morgan fingerprint density at radius 2 is 2.24 bits per heavy atom. The average Bonchev–Trinajstić information content (AvgIpc) is 2.39. The lowest BCUT2D eigenvalue weighted by Crippen LogP contribution is -2.39. The molecule has 0 aromatic heterocycles. The molecule has 2 N–H and O–H groups in total. The lowest BCUT2D eigenvalue weighted by molar-refractivity contribution is 0.414. The van der Waals surface area contributed by atoms with E-state index in [9.17, 15) is 0 Å². The number of para-hydroxylation sites is 1. The van der Waals surface area contributed by atoms with Crippen LogP contribution in [0.15, 0.2) is 29.2 Å². The van der Waals surface area contributed by atoms with Gasteiger partial charge in [-0.25, -0.2) is 0 Å². The highest BCUT2D eigenvalue weighted by Gasteiger charge is 2.12. The number of hydrogen-bond donors (Lipinski definition) is 2. The molecule has 1 unspecified atom stereocenters. The maximum Gasteiger partial charge on any atom is 0.0478 e. The maximum atomic E-state index is 3.58. The number of nitrogens with one attached hydrogen (secondary N) is 2. The van der Waals surface area contributed by atoms with Crippen LogP contribution >= 0.6 is 11.8 Å². The van der Waals surface area contributed by atoms with Gasteiger partial charge in [-0.05, 0) is 37.3 Å². The lowest BCUT2D eigenvalue weighted by Gasteiger charge is -2.24. The standard InChI is InChI=1S/C14H22N2S/c1-2-17-14-9-4-3-8-13(14)16-11-12-7-5-6-10-15-12/h3-4,8-9,12,15-16H,2,5-7,10-11H2,1H3. The van der Waals surface area contributed by atoms with E-state index in [2.05, 4.69) is 41.8 Å². The summed E-state index contributed by atoms with van der Waals surface area (Å²) in [5.41, 5.74) is 1.28. The molecule has 1 atom stereocenters. The van der Waals surface area contributed by atoms with Crippen LogP contribution in [0.3, 0.4) is 0 Å². The van der Waals surface area contributed by atoms with Crippen LogP contribution < -0.4 is 10.6 Å². The van der Waals surface area contributed by atoms with Gasteiger partial charge in [0.2, 0.25) is 0 Å². The molecule has 0 saturated carbocycles. The van der Waals surface area contributed by atoms with Gasteiger partial charge in [0, 0.05) is 23.2 Å². The van der Waals surface area contributed by atoms with Crippen molar-refractivity contribution in [2.45, 2.75) is 37.1 Å². The van der Waals surface area contributed by atoms with Crippen LogP contribution in [0.2, 0.25) is 0 Å². The number of piperidine rings is 1. The van der Waals surface area contributed by atoms with E-state index < -0.39 is 0 Å². The molecule has 1 aliphatic rings. The molecule has 0 aliphatic carbocycles. The quantitative estimate of drug-likeness (QED) is 0.784. The molecule has 2 rings (SSSR count). The number of hydrogen-bond acceptors (Lipinski definition) is 3. The Morgan fingerprint density at radius 1 is 1.35 bits per heavy atom. The molecule has 1 aliphatic heterocycles. The molecular formula is C14H22N2S. The van der Waals surface area contributed by atoms with Crippen LogP contribution in [0.5, 0.6) is 0 Å². The summed E-state index contributed by atoms with van der Waals surface area (Å²) in [6, 6.07) is 9.24. The molecule has 0 radical (unpaired) electrons. The van der Waals surface area contributed by atoms with Crippen molar-refractivity contribution in [3.63, 3.8) is 0 Å². The predicted molar refractivity (Wildman–Crippen MR) is 77.0 cm³/mol. The van der Waals surface area contributed by atoms with Gasteiger partial charge in [0.15, 0.2) is 0 Å². The Kier molecular flexibility index (Phi) is 5.20. The SMILES string of the molecule is CCSc1ccccc1NCC1CCCCN1. The van der Waals surface area contributed by atoms with Gasteiger partial charge in [-0.15, -0.1) is 11.8 Å². The maximum absolute atomic E-state index is 3.58. The third-order valence-electron chi connectivity index (χ3n) is 3.14. The molecule has 3 heteroatoms. The molecular weight excluding hydrogens is 228 g/mol. The summed E-state index contributed by atoms with van der Waals surface area (Å²) in [5, 5.41) is 7.16. The second-order valence-corrected chi connectivity index (χ2v) is 5.76. The fraction of sp³-hybridized carbons (Fsp3) is 0.571. The topological polar surface area (TPSA) is 24.1 Å². The molecule has 1 heterocycles. The first-order chi connectivity index (χ1) is 8.40. The summed E-state index contributed by atoms with van der Waals surface area (Å²) in [6.07, 6.45) is 4.00. The summed E-state index contributed by atoms with van der Waals surface area (Å²) < 4.78 is 0. The Morgan fingerprint density at radius 3 is 3.00 bits per heavy atom. The zero-order valence-electron chi connectivity index (χ0n) is 10.5. The first-order valence-corrected chi connectivity index (χ1v) is 7.58. The van der Waals surface area contributed by atoms with Crippen molar-refractivity contribution in [2.75, 3.05) is 24.2 Å². The van der Waals surface area contributed by atoms with Crippen molar-refractivity contribution in [3.05, 3.63) is 24.3 Å². The van der Waals surface area contributed by atoms with Crippen LogP contribution in [-0.4, -0.2) is 24.9 Å². The molecule has 1 aromatic carbocycles. The summed E-state index contributed by atoms with van der Waals surface area (Å²) in [6.45, 7) is 4.42. The zero-order chi connectivity index (χ0) is 11.9. The Labute approximate surface area is 109 Å². The minimum absolute atomic E-state index is 0.642. The van der Waals surface area contributed by atoms with Gasteiger partial charge in [0.1, 0.15) is 0 Å². The number of anilines is 1. The minimum Gasteiger partial charge on any atom is -0.383 e.